The number of aromatic nitrogens is 1. The van der Waals surface area contributed by atoms with E-state index in [2.05, 4.69) is 20.9 Å². The summed E-state index contributed by atoms with van der Waals surface area (Å²) in [4.78, 5) is 6.15. The first kappa shape index (κ1) is 12.7. The van der Waals surface area contributed by atoms with Crippen LogP contribution < -0.4 is 4.90 Å². The topological polar surface area (TPSA) is 36.4 Å². The largest absolute Gasteiger partial charge is 0.393 e. The van der Waals surface area contributed by atoms with Crippen molar-refractivity contribution in [1.29, 1.82) is 0 Å². The Kier molecular flexibility index (Phi) is 4.83. The van der Waals surface area contributed by atoms with Gasteiger partial charge in [0.15, 0.2) is 0 Å². The number of aliphatic hydroxyl groups is 1. The number of pyridine rings is 1. The zero-order valence-corrected chi connectivity index (χ0v) is 11.1. The van der Waals surface area contributed by atoms with E-state index in [1.165, 1.54) is 0 Å². The van der Waals surface area contributed by atoms with Crippen molar-refractivity contribution in [3.05, 3.63) is 21.8 Å². The second-order valence-corrected chi connectivity index (χ2v) is 4.84. The number of rotatable bonds is 4. The molecule has 0 aliphatic heterocycles. The van der Waals surface area contributed by atoms with Crippen LogP contribution in [0, 0.1) is 0 Å². The summed E-state index contributed by atoms with van der Waals surface area (Å²) in [5.74, 6) is 0.737. The summed E-state index contributed by atoms with van der Waals surface area (Å²) in [6.45, 7) is 2.50. The van der Waals surface area contributed by atoms with Crippen LogP contribution in [-0.2, 0) is 0 Å². The van der Waals surface area contributed by atoms with Gasteiger partial charge in [0.1, 0.15) is 5.82 Å². The maximum Gasteiger partial charge on any atom is 0.147 e. The zero-order valence-electron chi connectivity index (χ0n) is 8.74. The fourth-order valence-corrected chi connectivity index (χ4v) is 1.95. The summed E-state index contributed by atoms with van der Waals surface area (Å²) < 4.78 is 0.861. The van der Waals surface area contributed by atoms with Gasteiger partial charge in [0, 0.05) is 24.3 Å². The molecule has 1 rings (SSSR count). The molecule has 1 aromatic heterocycles. The molecule has 0 spiro atoms. The van der Waals surface area contributed by atoms with E-state index in [0.29, 0.717) is 11.4 Å². The highest BCUT2D eigenvalue weighted by Crippen LogP contribution is 2.25. The SMILES string of the molecule is CC(O)CCN(C)c1ncc(Br)cc1Cl. The molecular weight excluding hydrogens is 279 g/mol. The first-order valence-electron chi connectivity index (χ1n) is 4.71. The minimum Gasteiger partial charge on any atom is -0.393 e. The Morgan fingerprint density at radius 3 is 2.87 bits per heavy atom. The van der Waals surface area contributed by atoms with Gasteiger partial charge in [-0.15, -0.1) is 0 Å². The molecule has 1 heterocycles. The number of hydrogen-bond acceptors (Lipinski definition) is 3. The van der Waals surface area contributed by atoms with E-state index in [1.54, 1.807) is 13.1 Å². The maximum atomic E-state index is 9.17. The molecule has 0 fully saturated rings. The molecule has 5 heteroatoms. The van der Waals surface area contributed by atoms with Crippen molar-refractivity contribution in [2.45, 2.75) is 19.4 Å². The fraction of sp³-hybridized carbons (Fsp3) is 0.500. The van der Waals surface area contributed by atoms with Gasteiger partial charge in [-0.1, -0.05) is 11.6 Å². The summed E-state index contributed by atoms with van der Waals surface area (Å²) in [5, 5.41) is 9.78. The second kappa shape index (κ2) is 5.68. The van der Waals surface area contributed by atoms with E-state index in [4.69, 9.17) is 11.6 Å². The summed E-state index contributed by atoms with van der Waals surface area (Å²) in [6.07, 6.45) is 2.10. The van der Waals surface area contributed by atoms with Crippen LogP contribution in [0.25, 0.3) is 0 Å². The van der Waals surface area contributed by atoms with Gasteiger partial charge in [0.2, 0.25) is 0 Å². The van der Waals surface area contributed by atoms with Crippen LogP contribution in [0.15, 0.2) is 16.7 Å². The average Bonchev–Trinajstić information content (AvgIpc) is 2.14. The van der Waals surface area contributed by atoms with Crippen LogP contribution in [0.5, 0.6) is 0 Å². The lowest BCUT2D eigenvalue weighted by molar-refractivity contribution is 0.187. The molecule has 0 aromatic carbocycles. The van der Waals surface area contributed by atoms with Crippen LogP contribution in [0.2, 0.25) is 5.02 Å². The van der Waals surface area contributed by atoms with Gasteiger partial charge in [0.25, 0.3) is 0 Å². The predicted octanol–water partition coefficient (Wildman–Crippen LogP) is 2.70. The highest BCUT2D eigenvalue weighted by Gasteiger charge is 2.08. The predicted molar refractivity (Wildman–Crippen MR) is 66.5 cm³/mol. The fourth-order valence-electron chi connectivity index (χ4n) is 1.17. The van der Waals surface area contributed by atoms with Crippen LogP contribution in [0.4, 0.5) is 5.82 Å². The molecule has 0 bridgehead atoms. The number of halogens is 2. The van der Waals surface area contributed by atoms with Crippen molar-refractivity contribution in [3.63, 3.8) is 0 Å². The standard InChI is InChI=1S/C10H14BrClN2O/c1-7(15)3-4-14(2)10-9(12)5-8(11)6-13-10/h5-7,15H,3-4H2,1-2H3. The summed E-state index contributed by atoms with van der Waals surface area (Å²) in [6, 6.07) is 1.81. The molecule has 84 valence electrons. The lowest BCUT2D eigenvalue weighted by Crippen LogP contribution is -2.23. The highest BCUT2D eigenvalue weighted by atomic mass is 79.9. The molecule has 0 saturated heterocycles. The number of anilines is 1. The van der Waals surface area contributed by atoms with Gasteiger partial charge in [-0.2, -0.15) is 0 Å². The summed E-state index contributed by atoms with van der Waals surface area (Å²) in [5.41, 5.74) is 0. The smallest absolute Gasteiger partial charge is 0.147 e. The van der Waals surface area contributed by atoms with E-state index in [0.717, 1.165) is 16.8 Å². The molecule has 0 aliphatic rings. The Morgan fingerprint density at radius 1 is 1.67 bits per heavy atom. The minimum atomic E-state index is -0.304. The highest BCUT2D eigenvalue weighted by molar-refractivity contribution is 9.10. The Bertz CT molecular complexity index is 333. The Balaban J connectivity index is 2.69. The molecule has 1 atom stereocenters. The first-order chi connectivity index (χ1) is 7.00. The second-order valence-electron chi connectivity index (χ2n) is 3.52. The lowest BCUT2D eigenvalue weighted by atomic mass is 10.3. The van der Waals surface area contributed by atoms with E-state index in [1.807, 2.05) is 18.0 Å². The zero-order chi connectivity index (χ0) is 11.4. The minimum absolute atomic E-state index is 0.304. The van der Waals surface area contributed by atoms with Gasteiger partial charge in [-0.25, -0.2) is 4.98 Å². The average molecular weight is 294 g/mol. The monoisotopic (exact) mass is 292 g/mol. The third-order valence-electron chi connectivity index (χ3n) is 2.03. The molecule has 1 N–H and O–H groups in total. The molecule has 0 amide bonds. The van der Waals surface area contributed by atoms with Crippen molar-refractivity contribution < 1.29 is 5.11 Å². The maximum absolute atomic E-state index is 9.17. The molecule has 1 aromatic rings. The number of hydrogen-bond donors (Lipinski definition) is 1. The van der Waals surface area contributed by atoms with E-state index in [-0.39, 0.29) is 6.10 Å². The van der Waals surface area contributed by atoms with E-state index < -0.39 is 0 Å². The van der Waals surface area contributed by atoms with Crippen molar-refractivity contribution >= 4 is 33.3 Å². The Hall–Kier alpha value is -0.320. The van der Waals surface area contributed by atoms with Crippen molar-refractivity contribution in [2.24, 2.45) is 0 Å². The van der Waals surface area contributed by atoms with Crippen LogP contribution in [-0.4, -0.2) is 29.8 Å². The lowest BCUT2D eigenvalue weighted by Gasteiger charge is -2.19. The molecule has 3 nitrogen and oxygen atoms in total. The van der Waals surface area contributed by atoms with Gasteiger partial charge >= 0.3 is 0 Å². The third-order valence-corrected chi connectivity index (χ3v) is 2.74. The number of nitrogens with zero attached hydrogens (tertiary/aromatic N) is 2. The molecule has 0 saturated carbocycles. The van der Waals surface area contributed by atoms with Gasteiger partial charge in [0.05, 0.1) is 11.1 Å². The van der Waals surface area contributed by atoms with Crippen LogP contribution in [0.3, 0.4) is 0 Å². The Morgan fingerprint density at radius 2 is 2.33 bits per heavy atom. The molecular formula is C10H14BrClN2O. The van der Waals surface area contributed by atoms with E-state index in [9.17, 15) is 5.11 Å². The normalized spacial score (nSPS) is 12.6. The summed E-state index contributed by atoms with van der Waals surface area (Å²) in [7, 11) is 1.91. The molecule has 1 unspecified atom stereocenters. The van der Waals surface area contributed by atoms with Crippen LogP contribution in [0.1, 0.15) is 13.3 Å². The van der Waals surface area contributed by atoms with Crippen molar-refractivity contribution in [3.8, 4) is 0 Å². The van der Waals surface area contributed by atoms with Crippen LogP contribution >= 0.6 is 27.5 Å². The summed E-state index contributed by atoms with van der Waals surface area (Å²) >= 11 is 9.35. The van der Waals surface area contributed by atoms with Gasteiger partial charge in [-0.05, 0) is 35.3 Å². The molecule has 0 aliphatic carbocycles. The Labute approximate surface area is 103 Å². The molecule has 0 radical (unpaired) electrons. The number of aliphatic hydroxyl groups excluding tert-OH is 1. The van der Waals surface area contributed by atoms with Gasteiger partial charge < -0.3 is 10.0 Å². The van der Waals surface area contributed by atoms with Crippen molar-refractivity contribution in [2.75, 3.05) is 18.5 Å². The quantitative estimate of drug-likeness (QED) is 0.927. The first-order valence-corrected chi connectivity index (χ1v) is 5.88. The van der Waals surface area contributed by atoms with Crippen molar-refractivity contribution in [1.82, 2.24) is 4.98 Å². The van der Waals surface area contributed by atoms with Gasteiger partial charge in [-0.3, -0.25) is 0 Å². The third kappa shape index (κ3) is 3.97. The van der Waals surface area contributed by atoms with E-state index >= 15 is 0 Å². The molecule has 15 heavy (non-hydrogen) atoms.